The van der Waals surface area contributed by atoms with Gasteiger partial charge in [0.05, 0.1) is 11.8 Å². The number of ether oxygens (including phenoxy) is 1. The Kier molecular flexibility index (Phi) is 6.46. The Labute approximate surface area is 189 Å². The number of benzene rings is 1. The number of nitrogens with one attached hydrogen (secondary N) is 1. The first kappa shape index (κ1) is 22.9. The average Bonchev–Trinajstić information content (AvgIpc) is 3.23. The summed E-state index contributed by atoms with van der Waals surface area (Å²) in [6, 6.07) is 4.23. The molecule has 2 amide bonds. The van der Waals surface area contributed by atoms with Crippen molar-refractivity contribution in [2.75, 3.05) is 18.4 Å². The first-order chi connectivity index (χ1) is 15.7. The largest absolute Gasteiger partial charge is 0.345 e. The fourth-order valence-electron chi connectivity index (χ4n) is 3.95. The van der Waals surface area contributed by atoms with Crippen molar-refractivity contribution in [2.45, 2.75) is 46.3 Å². The summed E-state index contributed by atoms with van der Waals surface area (Å²) in [5.74, 6) is 0.111. The number of aryl methyl sites for hydroxylation is 3. The third-order valence-electron chi connectivity index (χ3n) is 5.70. The Bertz CT molecular complexity index is 1200. The van der Waals surface area contributed by atoms with E-state index < -0.39 is 24.6 Å². The van der Waals surface area contributed by atoms with Gasteiger partial charge in [0, 0.05) is 42.4 Å². The molecule has 1 saturated heterocycles. The SMILES string of the molecule is CCc1ncc2cc(-c3cc(NC(=O)N4CC[C@H](OC(F)F)C4)c(F)cc3C)c(C)nc2n1. The molecule has 174 valence electrons. The predicted octanol–water partition coefficient (Wildman–Crippen LogP) is 4.86. The molecule has 0 unspecified atom stereocenters. The summed E-state index contributed by atoms with van der Waals surface area (Å²) in [4.78, 5) is 27.3. The minimum atomic E-state index is -2.90. The van der Waals surface area contributed by atoms with Crippen molar-refractivity contribution in [3.05, 3.63) is 47.3 Å². The van der Waals surface area contributed by atoms with Crippen molar-refractivity contribution < 1.29 is 22.7 Å². The highest BCUT2D eigenvalue weighted by Crippen LogP contribution is 2.32. The third-order valence-corrected chi connectivity index (χ3v) is 5.70. The first-order valence-corrected chi connectivity index (χ1v) is 10.7. The average molecular weight is 459 g/mol. The number of anilines is 1. The molecule has 0 saturated carbocycles. The lowest BCUT2D eigenvalue weighted by Gasteiger charge is -2.19. The number of rotatable bonds is 5. The number of aromatic nitrogens is 3. The molecule has 0 bridgehead atoms. The normalized spacial score (nSPS) is 16.1. The van der Waals surface area contributed by atoms with Gasteiger partial charge in [0.2, 0.25) is 0 Å². The molecule has 2 aromatic heterocycles. The zero-order valence-corrected chi connectivity index (χ0v) is 18.5. The summed E-state index contributed by atoms with van der Waals surface area (Å²) in [7, 11) is 0. The number of carbonyl (C=O) groups excluding carboxylic acids is 1. The number of carbonyl (C=O) groups is 1. The molecular formula is C23H24F3N5O2. The number of likely N-dealkylation sites (tertiary alicyclic amines) is 1. The van der Waals surface area contributed by atoms with Gasteiger partial charge < -0.3 is 15.0 Å². The Morgan fingerprint density at radius 3 is 2.76 bits per heavy atom. The molecule has 0 spiro atoms. The van der Waals surface area contributed by atoms with E-state index in [4.69, 9.17) is 0 Å². The van der Waals surface area contributed by atoms with Gasteiger partial charge >= 0.3 is 12.6 Å². The second kappa shape index (κ2) is 9.30. The number of urea groups is 1. The van der Waals surface area contributed by atoms with E-state index >= 15 is 0 Å². The Balaban J connectivity index is 1.61. The summed E-state index contributed by atoms with van der Waals surface area (Å²) >= 11 is 0. The summed E-state index contributed by atoms with van der Waals surface area (Å²) in [6.45, 7) is 2.95. The summed E-state index contributed by atoms with van der Waals surface area (Å²) in [5, 5.41) is 3.31. The molecule has 1 aliphatic rings. The van der Waals surface area contributed by atoms with Crippen molar-refractivity contribution >= 4 is 22.8 Å². The number of hydrogen-bond acceptors (Lipinski definition) is 5. The van der Waals surface area contributed by atoms with E-state index in [-0.39, 0.29) is 18.8 Å². The van der Waals surface area contributed by atoms with Crippen LogP contribution in [0, 0.1) is 19.7 Å². The van der Waals surface area contributed by atoms with Crippen LogP contribution >= 0.6 is 0 Å². The monoisotopic (exact) mass is 459 g/mol. The van der Waals surface area contributed by atoms with Gasteiger partial charge in [0.15, 0.2) is 5.65 Å². The molecule has 0 aliphatic carbocycles. The van der Waals surface area contributed by atoms with Gasteiger partial charge in [0.1, 0.15) is 11.6 Å². The molecule has 1 N–H and O–H groups in total. The Morgan fingerprint density at radius 1 is 1.24 bits per heavy atom. The van der Waals surface area contributed by atoms with Gasteiger partial charge in [-0.15, -0.1) is 0 Å². The number of amides is 2. The highest BCUT2D eigenvalue weighted by atomic mass is 19.3. The number of hydrogen-bond donors (Lipinski definition) is 1. The van der Waals surface area contributed by atoms with Crippen LogP contribution < -0.4 is 5.32 Å². The second-order valence-electron chi connectivity index (χ2n) is 8.00. The maximum absolute atomic E-state index is 14.7. The van der Waals surface area contributed by atoms with Gasteiger partial charge in [0.25, 0.3) is 0 Å². The van der Waals surface area contributed by atoms with Crippen molar-refractivity contribution in [3.63, 3.8) is 0 Å². The van der Waals surface area contributed by atoms with E-state index in [1.807, 2.05) is 19.9 Å². The van der Waals surface area contributed by atoms with Crippen LogP contribution in [-0.4, -0.2) is 51.7 Å². The molecule has 1 atom stereocenters. The Morgan fingerprint density at radius 2 is 2.03 bits per heavy atom. The van der Waals surface area contributed by atoms with Gasteiger partial charge in [-0.05, 0) is 49.6 Å². The fourth-order valence-corrected chi connectivity index (χ4v) is 3.95. The van der Waals surface area contributed by atoms with E-state index in [1.165, 1.54) is 11.0 Å². The maximum Gasteiger partial charge on any atom is 0.345 e. The number of alkyl halides is 2. The van der Waals surface area contributed by atoms with Crippen LogP contribution in [0.5, 0.6) is 0 Å². The first-order valence-electron chi connectivity index (χ1n) is 10.7. The smallest absolute Gasteiger partial charge is 0.322 e. The van der Waals surface area contributed by atoms with E-state index in [2.05, 4.69) is 25.0 Å². The van der Waals surface area contributed by atoms with Crippen LogP contribution in [0.3, 0.4) is 0 Å². The molecule has 7 nitrogen and oxygen atoms in total. The van der Waals surface area contributed by atoms with E-state index in [9.17, 15) is 18.0 Å². The molecule has 3 aromatic rings. The number of pyridine rings is 1. The highest BCUT2D eigenvalue weighted by molar-refractivity contribution is 5.91. The quantitative estimate of drug-likeness (QED) is 0.590. The van der Waals surface area contributed by atoms with Crippen LogP contribution in [0.15, 0.2) is 24.4 Å². The van der Waals surface area contributed by atoms with Gasteiger partial charge in [-0.2, -0.15) is 8.78 Å². The number of nitrogens with zero attached hydrogens (tertiary/aromatic N) is 4. The molecule has 10 heteroatoms. The van der Waals surface area contributed by atoms with Crippen molar-refractivity contribution in [1.82, 2.24) is 19.9 Å². The standard InChI is InChI=1S/C23H24F3N5O2/c1-4-20-27-10-14-8-17(13(3)28-21(14)30-20)16-9-19(18(24)7-12(16)2)29-23(32)31-6-5-15(11-31)33-22(25)26/h7-10,15,22H,4-6,11H2,1-3H3,(H,29,32)/t15-/m0/s1. The van der Waals surface area contributed by atoms with Crippen LogP contribution in [0.1, 0.15) is 30.4 Å². The zero-order valence-electron chi connectivity index (χ0n) is 18.5. The van der Waals surface area contributed by atoms with Gasteiger partial charge in [-0.25, -0.2) is 24.1 Å². The van der Waals surface area contributed by atoms with Crippen LogP contribution in [-0.2, 0) is 11.2 Å². The topological polar surface area (TPSA) is 80.2 Å². The predicted molar refractivity (Wildman–Crippen MR) is 118 cm³/mol. The molecule has 1 aromatic carbocycles. The minimum absolute atomic E-state index is 0.00379. The van der Waals surface area contributed by atoms with E-state index in [1.54, 1.807) is 19.2 Å². The fraction of sp³-hybridized carbons (Fsp3) is 0.391. The summed E-state index contributed by atoms with van der Waals surface area (Å²) < 4.78 is 44.0. The van der Waals surface area contributed by atoms with Crippen molar-refractivity contribution in [1.29, 1.82) is 0 Å². The zero-order chi connectivity index (χ0) is 23.7. The molecule has 33 heavy (non-hydrogen) atoms. The lowest BCUT2D eigenvalue weighted by molar-refractivity contribution is -0.158. The highest BCUT2D eigenvalue weighted by Gasteiger charge is 2.29. The molecule has 1 fully saturated rings. The molecular weight excluding hydrogens is 435 g/mol. The molecule has 3 heterocycles. The van der Waals surface area contributed by atoms with Crippen molar-refractivity contribution in [3.8, 4) is 11.1 Å². The maximum atomic E-state index is 14.7. The number of halogens is 3. The molecule has 0 radical (unpaired) electrons. The van der Waals surface area contributed by atoms with Crippen LogP contribution in [0.2, 0.25) is 0 Å². The van der Waals surface area contributed by atoms with E-state index in [0.717, 1.165) is 10.9 Å². The third kappa shape index (κ3) is 4.90. The lowest BCUT2D eigenvalue weighted by atomic mass is 9.97. The van der Waals surface area contributed by atoms with Crippen molar-refractivity contribution in [2.24, 2.45) is 0 Å². The Hall–Kier alpha value is -3.27. The molecule has 1 aliphatic heterocycles. The van der Waals surface area contributed by atoms with Crippen LogP contribution in [0.25, 0.3) is 22.2 Å². The van der Waals surface area contributed by atoms with Gasteiger partial charge in [-0.1, -0.05) is 6.92 Å². The van der Waals surface area contributed by atoms with E-state index in [0.29, 0.717) is 41.1 Å². The number of fused-ring (bicyclic) bond motifs is 1. The summed E-state index contributed by atoms with van der Waals surface area (Å²) in [6.07, 6.45) is 1.97. The van der Waals surface area contributed by atoms with Crippen LogP contribution in [0.4, 0.5) is 23.7 Å². The minimum Gasteiger partial charge on any atom is -0.322 e. The summed E-state index contributed by atoms with van der Waals surface area (Å²) in [5.41, 5.74) is 3.45. The lowest BCUT2D eigenvalue weighted by Crippen LogP contribution is -2.34. The second-order valence-corrected chi connectivity index (χ2v) is 8.00. The molecule has 4 rings (SSSR count). The van der Waals surface area contributed by atoms with Gasteiger partial charge in [-0.3, -0.25) is 0 Å².